The first-order valence-corrected chi connectivity index (χ1v) is 5.30. The molecule has 1 heterocycles. The molecule has 5 atom stereocenters. The van der Waals surface area contributed by atoms with Gasteiger partial charge < -0.3 is 25.4 Å². The fourth-order valence-corrected chi connectivity index (χ4v) is 1.88. The largest absolute Gasteiger partial charge is 0.389 e. The Kier molecular flexibility index (Phi) is 4.33. The van der Waals surface area contributed by atoms with E-state index in [4.69, 9.17) is 4.74 Å². The van der Waals surface area contributed by atoms with Gasteiger partial charge in [-0.1, -0.05) is 22.6 Å². The molecule has 0 spiro atoms. The van der Waals surface area contributed by atoms with Crippen LogP contribution in [0.1, 0.15) is 0 Å². The molecule has 6 heteroatoms. The quantitative estimate of drug-likeness (QED) is 0.367. The predicted octanol–water partition coefficient (Wildman–Crippen LogP) is -1.55. The third kappa shape index (κ3) is 2.51. The van der Waals surface area contributed by atoms with Gasteiger partial charge in [-0.15, -0.1) is 0 Å². The van der Waals surface area contributed by atoms with Crippen molar-refractivity contribution in [3.05, 3.63) is 0 Å². The van der Waals surface area contributed by atoms with Crippen molar-refractivity contribution in [3.8, 4) is 0 Å². The number of aliphatic hydroxyl groups excluding tert-OH is 3. The second-order valence-corrected chi connectivity index (χ2v) is 4.49. The van der Waals surface area contributed by atoms with Crippen molar-refractivity contribution < 1.29 is 20.1 Å². The predicted molar refractivity (Wildman–Crippen MR) is 54.6 cm³/mol. The lowest BCUT2D eigenvalue weighted by molar-refractivity contribution is -0.222. The van der Waals surface area contributed by atoms with E-state index in [1.54, 1.807) is 7.05 Å². The Labute approximate surface area is 90.2 Å². The fourth-order valence-electron chi connectivity index (χ4n) is 1.28. The fraction of sp³-hybridized carbons (Fsp3) is 1.00. The summed E-state index contributed by atoms with van der Waals surface area (Å²) in [5, 5.41) is 31.2. The molecule has 1 rings (SSSR count). The number of nitrogens with one attached hydrogen (secondary N) is 1. The van der Waals surface area contributed by atoms with Crippen molar-refractivity contribution in [1.82, 2.24) is 5.32 Å². The van der Waals surface area contributed by atoms with Crippen molar-refractivity contribution in [3.63, 3.8) is 0 Å². The van der Waals surface area contributed by atoms with Crippen LogP contribution in [0.5, 0.6) is 0 Å². The van der Waals surface area contributed by atoms with E-state index >= 15 is 0 Å². The molecule has 0 aromatic heterocycles. The lowest BCUT2D eigenvalue weighted by atomic mass is 10.0. The zero-order chi connectivity index (χ0) is 10.0. The van der Waals surface area contributed by atoms with E-state index in [0.29, 0.717) is 6.54 Å². The lowest BCUT2D eigenvalue weighted by Gasteiger charge is -2.38. The molecule has 1 saturated heterocycles. The summed E-state index contributed by atoms with van der Waals surface area (Å²) in [6.07, 6.45) is -3.46. The number of alkyl halides is 1. The van der Waals surface area contributed by atoms with Crippen molar-refractivity contribution in [1.29, 1.82) is 0 Å². The molecule has 1 aliphatic heterocycles. The summed E-state index contributed by atoms with van der Waals surface area (Å²) in [5.74, 6) is 0. The summed E-state index contributed by atoms with van der Waals surface area (Å²) in [5.41, 5.74) is 0. The van der Waals surface area contributed by atoms with Gasteiger partial charge in [-0.05, 0) is 7.05 Å². The molecule has 4 N–H and O–H groups in total. The molecular weight excluding hydrogens is 289 g/mol. The van der Waals surface area contributed by atoms with E-state index < -0.39 is 28.5 Å². The minimum Gasteiger partial charge on any atom is -0.389 e. The lowest BCUT2D eigenvalue weighted by Crippen LogP contribution is -2.57. The normalized spacial score (nSPS) is 46.4. The second kappa shape index (κ2) is 4.85. The zero-order valence-electron chi connectivity index (χ0n) is 7.22. The van der Waals surface area contributed by atoms with Crippen LogP contribution >= 0.6 is 22.6 Å². The Bertz CT molecular complexity index is 171. The number of rotatable bonds is 2. The summed E-state index contributed by atoms with van der Waals surface area (Å²) >= 11 is 1.86. The van der Waals surface area contributed by atoms with Gasteiger partial charge >= 0.3 is 0 Å². The molecule has 13 heavy (non-hydrogen) atoms. The van der Waals surface area contributed by atoms with Crippen LogP contribution in [0.3, 0.4) is 0 Å². The third-order valence-corrected chi connectivity index (χ3v) is 3.40. The van der Waals surface area contributed by atoms with Gasteiger partial charge in [0.25, 0.3) is 0 Å². The topological polar surface area (TPSA) is 82.0 Å². The molecule has 3 unspecified atom stereocenters. The van der Waals surface area contributed by atoms with Crippen molar-refractivity contribution >= 4 is 22.6 Å². The van der Waals surface area contributed by atoms with Crippen LogP contribution in [0.2, 0.25) is 0 Å². The third-order valence-electron chi connectivity index (χ3n) is 2.05. The second-order valence-electron chi connectivity index (χ2n) is 3.05. The Hall–Kier alpha value is 0.530. The summed E-state index contributed by atoms with van der Waals surface area (Å²) in [6.45, 7) is 0.401. The minimum absolute atomic E-state index is 0.401. The van der Waals surface area contributed by atoms with Gasteiger partial charge in [0, 0.05) is 6.54 Å². The van der Waals surface area contributed by atoms with E-state index in [1.807, 2.05) is 22.6 Å². The summed E-state index contributed by atoms with van der Waals surface area (Å²) in [6, 6.07) is 0. The number of hydrogen-bond donors (Lipinski definition) is 4. The molecule has 0 saturated carbocycles. The van der Waals surface area contributed by atoms with Gasteiger partial charge in [0.2, 0.25) is 0 Å². The van der Waals surface area contributed by atoms with Crippen molar-refractivity contribution in [2.75, 3.05) is 13.6 Å². The Balaban J connectivity index is 2.59. The summed E-state index contributed by atoms with van der Waals surface area (Å²) in [7, 11) is 1.71. The first-order chi connectivity index (χ1) is 6.07. The van der Waals surface area contributed by atoms with Crippen molar-refractivity contribution in [2.24, 2.45) is 0 Å². The molecule has 0 aromatic rings. The maximum Gasteiger partial charge on any atom is 0.169 e. The highest BCUT2D eigenvalue weighted by Gasteiger charge is 2.41. The van der Waals surface area contributed by atoms with E-state index in [9.17, 15) is 15.3 Å². The van der Waals surface area contributed by atoms with E-state index in [1.165, 1.54) is 0 Å². The monoisotopic (exact) mass is 303 g/mol. The van der Waals surface area contributed by atoms with E-state index in [2.05, 4.69) is 5.32 Å². The van der Waals surface area contributed by atoms with E-state index in [0.717, 1.165) is 0 Å². The van der Waals surface area contributed by atoms with Crippen molar-refractivity contribution in [2.45, 2.75) is 28.5 Å². The van der Waals surface area contributed by atoms with Crippen LogP contribution in [0.25, 0.3) is 0 Å². The molecule has 5 nitrogen and oxygen atoms in total. The van der Waals surface area contributed by atoms with E-state index in [-0.39, 0.29) is 0 Å². The molecule has 1 fully saturated rings. The first kappa shape index (κ1) is 11.6. The average Bonchev–Trinajstić information content (AvgIpc) is 2.11. The Morgan fingerprint density at radius 1 is 1.31 bits per heavy atom. The Morgan fingerprint density at radius 3 is 2.46 bits per heavy atom. The standard InChI is InChI=1S/C7H14INO4/c1-9-2-3-5(10)6(11)4(8)7(12)13-3/h3-7,9-12H,2H2,1H3/t3-,4-,5?,6?,7?/m1/s1. The van der Waals surface area contributed by atoms with Crippen LogP contribution in [-0.2, 0) is 4.74 Å². The van der Waals surface area contributed by atoms with Gasteiger partial charge in [0.1, 0.15) is 12.2 Å². The van der Waals surface area contributed by atoms with Crippen LogP contribution < -0.4 is 5.32 Å². The van der Waals surface area contributed by atoms with Gasteiger partial charge in [0.15, 0.2) is 6.29 Å². The maximum absolute atomic E-state index is 9.53. The highest BCUT2D eigenvalue weighted by molar-refractivity contribution is 14.1. The molecule has 0 radical (unpaired) electrons. The number of aliphatic hydroxyl groups is 3. The molecule has 0 bridgehead atoms. The van der Waals surface area contributed by atoms with Crippen LogP contribution in [0, 0.1) is 0 Å². The highest BCUT2D eigenvalue weighted by Crippen LogP contribution is 2.25. The van der Waals surface area contributed by atoms with Gasteiger partial charge in [-0.2, -0.15) is 0 Å². The Morgan fingerprint density at radius 2 is 1.92 bits per heavy atom. The smallest absolute Gasteiger partial charge is 0.169 e. The SMILES string of the molecule is CNC[C@H]1OC(O)[C@H](I)C(O)C1O. The van der Waals surface area contributed by atoms with Crippen LogP contribution in [0.15, 0.2) is 0 Å². The number of hydrogen-bond acceptors (Lipinski definition) is 5. The molecule has 0 aromatic carbocycles. The summed E-state index contributed by atoms with van der Waals surface area (Å²) in [4.78, 5) is 0. The molecule has 0 aliphatic carbocycles. The summed E-state index contributed by atoms with van der Waals surface area (Å²) < 4.78 is 4.61. The van der Waals surface area contributed by atoms with Gasteiger partial charge in [-0.3, -0.25) is 0 Å². The highest BCUT2D eigenvalue weighted by atomic mass is 127. The molecular formula is C7H14INO4. The van der Waals surface area contributed by atoms with Gasteiger partial charge in [-0.25, -0.2) is 0 Å². The maximum atomic E-state index is 9.53. The zero-order valence-corrected chi connectivity index (χ0v) is 9.38. The minimum atomic E-state index is -1.02. The molecule has 0 amide bonds. The average molecular weight is 303 g/mol. The first-order valence-electron chi connectivity index (χ1n) is 4.06. The van der Waals surface area contributed by atoms with Gasteiger partial charge in [0.05, 0.1) is 10.0 Å². The van der Waals surface area contributed by atoms with Crippen LogP contribution in [0.4, 0.5) is 0 Å². The number of halogens is 1. The molecule has 1 aliphatic rings. The molecule has 78 valence electrons. The van der Waals surface area contributed by atoms with Crippen LogP contribution in [-0.4, -0.2) is 57.4 Å². The number of ether oxygens (including phenoxy) is 1. The number of likely N-dealkylation sites (N-methyl/N-ethyl adjacent to an activating group) is 1.